The van der Waals surface area contributed by atoms with Crippen molar-refractivity contribution in [2.24, 2.45) is 0 Å². The van der Waals surface area contributed by atoms with E-state index < -0.39 is 0 Å². The molecule has 0 aliphatic carbocycles. The summed E-state index contributed by atoms with van der Waals surface area (Å²) in [6, 6.07) is 11.4. The van der Waals surface area contributed by atoms with E-state index in [-0.39, 0.29) is 16.9 Å². The average Bonchev–Trinajstić information content (AvgIpc) is 3.23. The number of piperazine rings is 1. The molecular weight excluding hydrogens is 380 g/mol. The number of hydrogen-bond donors (Lipinski definition) is 2. The van der Waals surface area contributed by atoms with Crippen molar-refractivity contribution in [3.63, 3.8) is 0 Å². The lowest BCUT2D eigenvalue weighted by Gasteiger charge is -2.37. The highest BCUT2D eigenvalue weighted by Crippen LogP contribution is 2.26. The van der Waals surface area contributed by atoms with Crippen molar-refractivity contribution in [1.82, 2.24) is 10.2 Å². The Balaban J connectivity index is 1.63. The number of amides is 2. The molecule has 8 heteroatoms. The third-order valence-corrected chi connectivity index (χ3v) is 5.47. The first kappa shape index (κ1) is 19.3. The minimum Gasteiger partial charge on any atom is -0.366 e. The summed E-state index contributed by atoms with van der Waals surface area (Å²) in [4.78, 5) is 28.8. The Hall–Kier alpha value is -2.45. The molecule has 0 atom stereocenters. The maximum Gasteiger partial charge on any atom is 0.267 e. The topological polar surface area (TPSA) is 64.7 Å². The summed E-state index contributed by atoms with van der Waals surface area (Å²) in [5.41, 5.74) is 1.85. The van der Waals surface area contributed by atoms with Gasteiger partial charge in [-0.05, 0) is 35.8 Å². The van der Waals surface area contributed by atoms with Crippen LogP contribution < -0.4 is 15.5 Å². The molecule has 0 spiro atoms. The Morgan fingerprint density at radius 2 is 1.85 bits per heavy atom. The number of para-hydroxylation sites is 2. The van der Waals surface area contributed by atoms with Crippen LogP contribution in [0.4, 0.5) is 11.4 Å². The summed E-state index contributed by atoms with van der Waals surface area (Å²) >= 11 is 6.68. The van der Waals surface area contributed by atoms with Gasteiger partial charge in [0.2, 0.25) is 5.91 Å². The molecule has 6 nitrogen and oxygen atoms in total. The zero-order valence-corrected chi connectivity index (χ0v) is 16.7. The van der Waals surface area contributed by atoms with Crippen LogP contribution in [0.1, 0.15) is 23.0 Å². The molecular formula is C19H22N4O2S2. The predicted octanol–water partition coefficient (Wildman–Crippen LogP) is 2.93. The smallest absolute Gasteiger partial charge is 0.267 e. The van der Waals surface area contributed by atoms with Crippen LogP contribution in [0.15, 0.2) is 41.8 Å². The number of hydrogen-bond acceptors (Lipinski definition) is 5. The standard InChI is InChI=1S/C19H22N4O2S2/c1-2-17(24)23-11-9-22(10-12-23)15-7-4-3-6-14(15)20-19(26)21-18(25)16-8-5-13-27-16/h3-8,13H,2,9-12H2,1H3,(H2,20,21,25,26). The highest BCUT2D eigenvalue weighted by atomic mass is 32.1. The molecule has 2 N–H and O–H groups in total. The van der Waals surface area contributed by atoms with Crippen molar-refractivity contribution in [2.75, 3.05) is 36.4 Å². The molecule has 2 heterocycles. The predicted molar refractivity (Wildman–Crippen MR) is 114 cm³/mol. The van der Waals surface area contributed by atoms with Crippen LogP contribution in [-0.2, 0) is 4.79 Å². The first-order valence-electron chi connectivity index (χ1n) is 8.86. The van der Waals surface area contributed by atoms with Gasteiger partial charge in [0.05, 0.1) is 16.3 Å². The van der Waals surface area contributed by atoms with E-state index in [1.807, 2.05) is 47.5 Å². The lowest BCUT2D eigenvalue weighted by Crippen LogP contribution is -2.48. The molecule has 2 amide bonds. The number of carbonyl (C=O) groups excluding carboxylic acids is 2. The van der Waals surface area contributed by atoms with Crippen molar-refractivity contribution < 1.29 is 9.59 Å². The van der Waals surface area contributed by atoms with E-state index in [0.29, 0.717) is 24.4 Å². The largest absolute Gasteiger partial charge is 0.366 e. The molecule has 3 rings (SSSR count). The van der Waals surface area contributed by atoms with E-state index in [0.717, 1.165) is 24.5 Å². The van der Waals surface area contributed by atoms with E-state index in [4.69, 9.17) is 12.2 Å². The number of thiophene rings is 1. The maximum absolute atomic E-state index is 12.1. The van der Waals surface area contributed by atoms with Crippen molar-refractivity contribution >= 4 is 51.9 Å². The number of anilines is 2. The number of rotatable bonds is 4. The second kappa shape index (κ2) is 8.96. The van der Waals surface area contributed by atoms with Crippen LogP contribution in [0, 0.1) is 0 Å². The first-order chi connectivity index (χ1) is 13.1. The fourth-order valence-corrected chi connectivity index (χ4v) is 3.82. The minimum atomic E-state index is -0.216. The van der Waals surface area contributed by atoms with Gasteiger partial charge in [-0.25, -0.2) is 0 Å². The molecule has 142 valence electrons. The zero-order valence-electron chi connectivity index (χ0n) is 15.1. The van der Waals surface area contributed by atoms with Gasteiger partial charge in [-0.3, -0.25) is 14.9 Å². The number of nitrogens with zero attached hydrogens (tertiary/aromatic N) is 2. The summed E-state index contributed by atoms with van der Waals surface area (Å²) < 4.78 is 0. The van der Waals surface area contributed by atoms with Crippen LogP contribution in [0.3, 0.4) is 0 Å². The average molecular weight is 403 g/mol. The molecule has 1 aliphatic heterocycles. The molecule has 0 saturated carbocycles. The van der Waals surface area contributed by atoms with Gasteiger partial charge < -0.3 is 15.1 Å². The number of thiocarbonyl (C=S) groups is 1. The lowest BCUT2D eigenvalue weighted by molar-refractivity contribution is -0.131. The van der Waals surface area contributed by atoms with E-state index in [1.165, 1.54) is 11.3 Å². The van der Waals surface area contributed by atoms with Gasteiger partial charge >= 0.3 is 0 Å². The Kier molecular flexibility index (Phi) is 6.41. The van der Waals surface area contributed by atoms with Crippen LogP contribution in [0.2, 0.25) is 0 Å². The third-order valence-electron chi connectivity index (χ3n) is 4.40. The Morgan fingerprint density at radius 1 is 1.11 bits per heavy atom. The number of carbonyl (C=O) groups is 2. The fraction of sp³-hybridized carbons (Fsp3) is 0.316. The molecule has 0 bridgehead atoms. The second-order valence-corrected chi connectivity index (χ2v) is 7.48. The van der Waals surface area contributed by atoms with E-state index in [9.17, 15) is 9.59 Å². The monoisotopic (exact) mass is 402 g/mol. The van der Waals surface area contributed by atoms with Crippen molar-refractivity contribution in [1.29, 1.82) is 0 Å². The van der Waals surface area contributed by atoms with Crippen LogP contribution >= 0.6 is 23.6 Å². The lowest BCUT2D eigenvalue weighted by atomic mass is 10.2. The molecule has 0 unspecified atom stereocenters. The maximum atomic E-state index is 12.1. The van der Waals surface area contributed by atoms with Crippen LogP contribution in [0.5, 0.6) is 0 Å². The Bertz CT molecular complexity index is 815. The summed E-state index contributed by atoms with van der Waals surface area (Å²) in [7, 11) is 0. The molecule has 1 aromatic heterocycles. The minimum absolute atomic E-state index is 0.193. The molecule has 1 saturated heterocycles. The second-order valence-electron chi connectivity index (χ2n) is 6.12. The normalized spacial score (nSPS) is 14.0. The zero-order chi connectivity index (χ0) is 19.2. The number of benzene rings is 1. The molecule has 27 heavy (non-hydrogen) atoms. The molecule has 2 aromatic rings. The fourth-order valence-electron chi connectivity index (χ4n) is 3.00. The van der Waals surface area contributed by atoms with Crippen LogP contribution in [-0.4, -0.2) is 48.0 Å². The van der Waals surface area contributed by atoms with Gasteiger partial charge in [0.15, 0.2) is 5.11 Å². The third kappa shape index (κ3) is 4.84. The van der Waals surface area contributed by atoms with E-state index >= 15 is 0 Å². The molecule has 0 radical (unpaired) electrons. The van der Waals surface area contributed by atoms with Gasteiger partial charge in [-0.15, -0.1) is 11.3 Å². The summed E-state index contributed by atoms with van der Waals surface area (Å²) in [6.07, 6.45) is 0.538. The van der Waals surface area contributed by atoms with Gasteiger partial charge in [0.1, 0.15) is 0 Å². The highest BCUT2D eigenvalue weighted by Gasteiger charge is 2.22. The Morgan fingerprint density at radius 3 is 2.52 bits per heavy atom. The molecule has 1 fully saturated rings. The SMILES string of the molecule is CCC(=O)N1CCN(c2ccccc2NC(=S)NC(=O)c2cccs2)CC1. The number of nitrogens with one attached hydrogen (secondary N) is 2. The van der Waals surface area contributed by atoms with Gasteiger partial charge in [-0.2, -0.15) is 0 Å². The highest BCUT2D eigenvalue weighted by molar-refractivity contribution is 7.80. The van der Waals surface area contributed by atoms with Crippen molar-refractivity contribution in [3.8, 4) is 0 Å². The van der Waals surface area contributed by atoms with Gasteiger partial charge in [-0.1, -0.05) is 25.1 Å². The molecule has 1 aliphatic rings. The summed E-state index contributed by atoms with van der Waals surface area (Å²) in [5, 5.41) is 7.95. The van der Waals surface area contributed by atoms with E-state index in [2.05, 4.69) is 15.5 Å². The quantitative estimate of drug-likeness (QED) is 0.770. The summed E-state index contributed by atoms with van der Waals surface area (Å²) in [6.45, 7) is 4.83. The Labute approximate surface area is 168 Å². The van der Waals surface area contributed by atoms with Crippen LogP contribution in [0.25, 0.3) is 0 Å². The van der Waals surface area contributed by atoms with Crippen molar-refractivity contribution in [3.05, 3.63) is 46.7 Å². The molecule has 1 aromatic carbocycles. The summed E-state index contributed by atoms with van der Waals surface area (Å²) in [5.74, 6) is -0.0230. The van der Waals surface area contributed by atoms with E-state index in [1.54, 1.807) is 6.07 Å². The van der Waals surface area contributed by atoms with Gasteiger partial charge in [0.25, 0.3) is 5.91 Å². The van der Waals surface area contributed by atoms with Crippen molar-refractivity contribution in [2.45, 2.75) is 13.3 Å². The first-order valence-corrected chi connectivity index (χ1v) is 10.1. The van der Waals surface area contributed by atoms with Gasteiger partial charge in [0, 0.05) is 32.6 Å².